The smallest absolute Gasteiger partial charge is 0.251 e. The van der Waals surface area contributed by atoms with Gasteiger partial charge in [0, 0.05) is 50.9 Å². The minimum Gasteiger partial charge on any atom is -0.355 e. The Kier molecular flexibility index (Phi) is 9.89. The van der Waals surface area contributed by atoms with Gasteiger partial charge < -0.3 is 20.9 Å². The van der Waals surface area contributed by atoms with Crippen LogP contribution in [0.4, 0.5) is 10.1 Å². The molecule has 0 spiro atoms. The first kappa shape index (κ1) is 25.6. The van der Waals surface area contributed by atoms with Gasteiger partial charge in [-0.2, -0.15) is 0 Å². The first-order valence-corrected chi connectivity index (χ1v) is 10.4. The predicted octanol–water partition coefficient (Wildman–Crippen LogP) is 2.97. The van der Waals surface area contributed by atoms with E-state index in [1.807, 2.05) is 29.2 Å². The van der Waals surface area contributed by atoms with E-state index in [2.05, 4.69) is 20.9 Å². The van der Waals surface area contributed by atoms with Gasteiger partial charge in [-0.05, 0) is 48.7 Å². The number of nitrogens with zero attached hydrogens (tertiary/aromatic N) is 2. The van der Waals surface area contributed by atoms with Gasteiger partial charge in [0.25, 0.3) is 5.91 Å². The van der Waals surface area contributed by atoms with Gasteiger partial charge in [0.15, 0.2) is 5.96 Å². The Balaban J connectivity index is 0.00000363. The summed E-state index contributed by atoms with van der Waals surface area (Å²) in [6.07, 6.45) is 1.53. The maximum Gasteiger partial charge on any atom is 0.251 e. The van der Waals surface area contributed by atoms with Crippen LogP contribution >= 0.6 is 24.0 Å². The summed E-state index contributed by atoms with van der Waals surface area (Å²) in [6.45, 7) is 3.84. The fourth-order valence-electron chi connectivity index (χ4n) is 3.31. The Hall–Kier alpha value is -2.69. The summed E-state index contributed by atoms with van der Waals surface area (Å²) in [5, 5.41) is 9.09. The lowest BCUT2D eigenvalue weighted by Gasteiger charge is -2.16. The summed E-state index contributed by atoms with van der Waals surface area (Å²) in [7, 11) is 1.67. The quantitative estimate of drug-likeness (QED) is 0.213. The second kappa shape index (κ2) is 12.4. The lowest BCUT2D eigenvalue weighted by Crippen LogP contribution is -2.41. The molecule has 172 valence electrons. The van der Waals surface area contributed by atoms with Crippen molar-refractivity contribution in [3.63, 3.8) is 0 Å². The topological polar surface area (TPSA) is 85.8 Å². The molecule has 0 atom stereocenters. The van der Waals surface area contributed by atoms with Crippen LogP contribution < -0.4 is 20.9 Å². The molecule has 1 heterocycles. The van der Waals surface area contributed by atoms with E-state index in [1.54, 1.807) is 26.1 Å². The zero-order chi connectivity index (χ0) is 22.2. The minimum atomic E-state index is -0.393. The summed E-state index contributed by atoms with van der Waals surface area (Å²) in [6, 6.07) is 12.3. The Morgan fingerprint density at radius 3 is 2.44 bits per heavy atom. The first-order chi connectivity index (χ1) is 15.0. The summed E-state index contributed by atoms with van der Waals surface area (Å²) >= 11 is 0. The van der Waals surface area contributed by atoms with E-state index in [0.29, 0.717) is 43.1 Å². The van der Waals surface area contributed by atoms with Crippen molar-refractivity contribution in [1.82, 2.24) is 16.0 Å². The van der Waals surface area contributed by atoms with Crippen LogP contribution in [0.1, 0.15) is 34.3 Å². The maximum absolute atomic E-state index is 13.6. The Morgan fingerprint density at radius 1 is 1.09 bits per heavy atom. The third-order valence-corrected chi connectivity index (χ3v) is 5.14. The number of carbonyl (C=O) groups excluding carboxylic acids is 2. The number of anilines is 1. The second-order valence-corrected chi connectivity index (χ2v) is 7.39. The zero-order valence-corrected chi connectivity index (χ0v) is 20.6. The van der Waals surface area contributed by atoms with Crippen molar-refractivity contribution < 1.29 is 14.0 Å². The summed E-state index contributed by atoms with van der Waals surface area (Å²) in [5.74, 6) is 0.0696. The molecule has 1 saturated heterocycles. The molecule has 0 aliphatic carbocycles. The van der Waals surface area contributed by atoms with Gasteiger partial charge in [0.1, 0.15) is 5.82 Å². The molecule has 32 heavy (non-hydrogen) atoms. The minimum absolute atomic E-state index is 0. The molecule has 1 aliphatic heterocycles. The summed E-state index contributed by atoms with van der Waals surface area (Å²) < 4.78 is 13.6. The fourth-order valence-corrected chi connectivity index (χ4v) is 3.31. The number of aliphatic imine (C=N–C) groups is 1. The number of benzene rings is 2. The van der Waals surface area contributed by atoms with Crippen LogP contribution in [-0.4, -0.2) is 44.5 Å². The third-order valence-electron chi connectivity index (χ3n) is 5.14. The molecule has 2 aromatic carbocycles. The number of rotatable bonds is 7. The number of hydrogen-bond acceptors (Lipinski definition) is 3. The molecule has 0 unspecified atom stereocenters. The highest BCUT2D eigenvalue weighted by atomic mass is 127. The van der Waals surface area contributed by atoms with E-state index in [4.69, 9.17) is 0 Å². The van der Waals surface area contributed by atoms with E-state index in [0.717, 1.165) is 24.2 Å². The molecule has 0 bridgehead atoms. The zero-order valence-electron chi connectivity index (χ0n) is 18.3. The van der Waals surface area contributed by atoms with Crippen LogP contribution in [0.2, 0.25) is 0 Å². The largest absolute Gasteiger partial charge is 0.355 e. The number of nitrogens with one attached hydrogen (secondary N) is 3. The highest BCUT2D eigenvalue weighted by Crippen LogP contribution is 2.21. The molecule has 1 aliphatic rings. The predicted molar refractivity (Wildman–Crippen MR) is 135 cm³/mol. The van der Waals surface area contributed by atoms with Crippen molar-refractivity contribution >= 4 is 47.4 Å². The van der Waals surface area contributed by atoms with Crippen LogP contribution in [-0.2, 0) is 11.3 Å². The lowest BCUT2D eigenvalue weighted by molar-refractivity contribution is -0.117. The van der Waals surface area contributed by atoms with E-state index in [1.165, 1.54) is 6.07 Å². The van der Waals surface area contributed by atoms with Gasteiger partial charge in [0.05, 0.1) is 0 Å². The van der Waals surface area contributed by atoms with Crippen molar-refractivity contribution in [2.24, 2.45) is 4.99 Å². The van der Waals surface area contributed by atoms with Crippen molar-refractivity contribution in [2.75, 3.05) is 31.6 Å². The molecule has 9 heteroatoms. The molecule has 3 N–H and O–H groups in total. The molecular formula is C23H29FIN5O2. The van der Waals surface area contributed by atoms with Gasteiger partial charge in [-0.3, -0.25) is 14.6 Å². The second-order valence-electron chi connectivity index (χ2n) is 7.39. The maximum atomic E-state index is 13.6. The normalized spacial score (nSPS) is 13.5. The van der Waals surface area contributed by atoms with E-state index >= 15 is 0 Å². The first-order valence-electron chi connectivity index (χ1n) is 10.4. The molecule has 0 saturated carbocycles. The molecule has 3 rings (SSSR count). The highest BCUT2D eigenvalue weighted by molar-refractivity contribution is 14.0. The van der Waals surface area contributed by atoms with Crippen molar-refractivity contribution in [3.8, 4) is 0 Å². The average Bonchev–Trinajstić information content (AvgIpc) is 3.21. The molecule has 0 aromatic heterocycles. The van der Waals surface area contributed by atoms with Crippen LogP contribution in [0.3, 0.4) is 0 Å². The van der Waals surface area contributed by atoms with Gasteiger partial charge in [-0.25, -0.2) is 4.39 Å². The number of hydrogen-bond donors (Lipinski definition) is 3. The van der Waals surface area contributed by atoms with Crippen molar-refractivity contribution in [2.45, 2.75) is 26.3 Å². The number of guanidine groups is 1. The van der Waals surface area contributed by atoms with E-state index in [9.17, 15) is 14.0 Å². The molecular weight excluding hydrogens is 524 g/mol. The lowest BCUT2D eigenvalue weighted by atomic mass is 10.1. The molecule has 2 amide bonds. The van der Waals surface area contributed by atoms with E-state index in [-0.39, 0.29) is 35.8 Å². The number of amides is 2. The fraction of sp³-hybridized carbons (Fsp3) is 0.348. The number of carbonyl (C=O) groups is 2. The van der Waals surface area contributed by atoms with Crippen LogP contribution in [0.5, 0.6) is 0 Å². The highest BCUT2D eigenvalue weighted by Gasteiger charge is 2.21. The Bertz CT molecular complexity index is 965. The van der Waals surface area contributed by atoms with E-state index < -0.39 is 5.82 Å². The Morgan fingerprint density at radius 2 is 1.81 bits per heavy atom. The average molecular weight is 553 g/mol. The molecule has 2 aromatic rings. The SMILES string of the molecule is CN=C(NCCNC(=O)c1ccc(C)c(F)c1)NCc1ccc(N2CCCC2=O)cc1.I. The van der Waals surface area contributed by atoms with Gasteiger partial charge in [-0.1, -0.05) is 18.2 Å². The monoisotopic (exact) mass is 553 g/mol. The van der Waals surface area contributed by atoms with Crippen molar-refractivity contribution in [1.29, 1.82) is 0 Å². The molecule has 1 fully saturated rings. The van der Waals surface area contributed by atoms with Gasteiger partial charge in [0.2, 0.25) is 5.91 Å². The Labute approximate surface area is 204 Å². The standard InChI is InChI=1S/C23H28FN5O2.HI/c1-16-5-8-18(14-20(16)24)22(31)26-11-12-27-23(25-2)28-15-17-6-9-19(10-7-17)29-13-3-4-21(29)30;/h5-10,14H,3-4,11-13,15H2,1-2H3,(H,26,31)(H2,25,27,28);1H. The van der Waals surface area contributed by atoms with Gasteiger partial charge in [-0.15, -0.1) is 24.0 Å². The van der Waals surface area contributed by atoms with Crippen LogP contribution in [0.15, 0.2) is 47.5 Å². The number of halogens is 2. The third kappa shape index (κ3) is 6.91. The van der Waals surface area contributed by atoms with Crippen LogP contribution in [0.25, 0.3) is 0 Å². The summed E-state index contributed by atoms with van der Waals surface area (Å²) in [4.78, 5) is 29.9. The van der Waals surface area contributed by atoms with Gasteiger partial charge >= 0.3 is 0 Å². The summed E-state index contributed by atoms with van der Waals surface area (Å²) in [5.41, 5.74) is 2.79. The molecule has 7 nitrogen and oxygen atoms in total. The molecule has 0 radical (unpaired) electrons. The van der Waals surface area contributed by atoms with Crippen molar-refractivity contribution in [3.05, 3.63) is 65.0 Å². The van der Waals surface area contributed by atoms with Crippen LogP contribution in [0, 0.1) is 12.7 Å². The number of aryl methyl sites for hydroxylation is 1.